The molecule has 0 bridgehead atoms. The first-order valence-electron chi connectivity index (χ1n) is 4.39. The second kappa shape index (κ2) is 3.20. The van der Waals surface area contributed by atoms with Gasteiger partial charge in [-0.05, 0) is 19.8 Å². The number of nitrogens with zero attached hydrogens (tertiary/aromatic N) is 1. The Morgan fingerprint density at radius 1 is 1.69 bits per heavy atom. The third-order valence-corrected chi connectivity index (χ3v) is 3.34. The molecule has 0 aromatic carbocycles. The van der Waals surface area contributed by atoms with Crippen LogP contribution in [0.2, 0.25) is 0 Å². The molecule has 1 aromatic heterocycles. The van der Waals surface area contributed by atoms with Gasteiger partial charge in [-0.2, -0.15) is 0 Å². The molecule has 0 aliphatic heterocycles. The molecule has 1 aliphatic carbocycles. The second-order valence-electron chi connectivity index (χ2n) is 3.54. The largest absolute Gasteiger partial charge is 0.328 e. The first-order chi connectivity index (χ1) is 6.16. The van der Waals surface area contributed by atoms with E-state index in [0.717, 1.165) is 22.7 Å². The summed E-state index contributed by atoms with van der Waals surface area (Å²) in [5.74, 6) is 0.391. The van der Waals surface area contributed by atoms with Crippen LogP contribution in [0.1, 0.15) is 27.5 Å². The normalized spacial score (nSPS) is 26.9. The Morgan fingerprint density at radius 3 is 2.85 bits per heavy atom. The number of Topliss-reactive ketones (excluding diaryl/α,β-unsaturated/α-hetero) is 1. The van der Waals surface area contributed by atoms with Gasteiger partial charge in [0.25, 0.3) is 0 Å². The molecule has 1 heterocycles. The van der Waals surface area contributed by atoms with Gasteiger partial charge in [-0.25, -0.2) is 4.98 Å². The van der Waals surface area contributed by atoms with E-state index < -0.39 is 0 Å². The van der Waals surface area contributed by atoms with Gasteiger partial charge in [0.1, 0.15) is 0 Å². The topological polar surface area (TPSA) is 56.0 Å². The number of rotatable bonds is 2. The molecule has 3 nitrogen and oxygen atoms in total. The van der Waals surface area contributed by atoms with E-state index in [9.17, 15) is 4.79 Å². The maximum absolute atomic E-state index is 11.7. The summed E-state index contributed by atoms with van der Waals surface area (Å²) in [6.45, 7) is 1.91. The number of thiazole rings is 1. The van der Waals surface area contributed by atoms with Crippen molar-refractivity contribution in [3.8, 4) is 0 Å². The molecule has 0 saturated heterocycles. The van der Waals surface area contributed by atoms with Crippen LogP contribution in [-0.4, -0.2) is 16.8 Å². The summed E-state index contributed by atoms with van der Waals surface area (Å²) in [6, 6.07) is 0.239. The Labute approximate surface area is 81.0 Å². The Balaban J connectivity index is 2.06. The minimum Gasteiger partial charge on any atom is -0.328 e. The van der Waals surface area contributed by atoms with E-state index in [-0.39, 0.29) is 17.7 Å². The average Bonchev–Trinajstić information content (AvgIpc) is 2.45. The van der Waals surface area contributed by atoms with E-state index in [2.05, 4.69) is 4.98 Å². The first-order valence-corrected chi connectivity index (χ1v) is 5.20. The molecule has 0 atom stereocenters. The maximum Gasteiger partial charge on any atom is 0.177 e. The number of ketones is 1. The lowest BCUT2D eigenvalue weighted by Crippen LogP contribution is -2.40. The van der Waals surface area contributed by atoms with Crippen LogP contribution in [0.4, 0.5) is 0 Å². The van der Waals surface area contributed by atoms with Gasteiger partial charge in [-0.3, -0.25) is 4.79 Å². The molecule has 0 unspecified atom stereocenters. The highest BCUT2D eigenvalue weighted by molar-refractivity contribution is 7.13. The van der Waals surface area contributed by atoms with Gasteiger partial charge in [0.05, 0.1) is 9.88 Å². The molecule has 13 heavy (non-hydrogen) atoms. The molecule has 0 radical (unpaired) electrons. The predicted octanol–water partition coefficient (Wildman–Crippen LogP) is 1.37. The molecule has 1 aromatic rings. The zero-order chi connectivity index (χ0) is 9.42. The van der Waals surface area contributed by atoms with Crippen molar-refractivity contribution >= 4 is 17.1 Å². The quantitative estimate of drug-likeness (QED) is 0.727. The first kappa shape index (κ1) is 8.84. The zero-order valence-electron chi connectivity index (χ0n) is 7.49. The molecule has 2 N–H and O–H groups in total. The summed E-state index contributed by atoms with van der Waals surface area (Å²) in [5.41, 5.74) is 5.63. The number of hydrogen-bond donors (Lipinski definition) is 1. The summed E-state index contributed by atoms with van der Waals surface area (Å²) < 4.78 is 0. The van der Waals surface area contributed by atoms with Crippen molar-refractivity contribution in [2.24, 2.45) is 11.7 Å². The van der Waals surface area contributed by atoms with Crippen LogP contribution in [-0.2, 0) is 0 Å². The number of carbonyl (C=O) groups is 1. The fourth-order valence-corrected chi connectivity index (χ4v) is 2.35. The smallest absolute Gasteiger partial charge is 0.177 e. The molecule has 4 heteroatoms. The lowest BCUT2D eigenvalue weighted by molar-refractivity contribution is 0.0837. The van der Waals surface area contributed by atoms with Crippen LogP contribution >= 0.6 is 11.3 Å². The van der Waals surface area contributed by atoms with Crippen molar-refractivity contribution < 1.29 is 4.79 Å². The number of carbonyl (C=O) groups excluding carboxylic acids is 1. The van der Waals surface area contributed by atoms with Crippen molar-refractivity contribution in [1.82, 2.24) is 4.98 Å². The molecule has 2 rings (SSSR count). The highest BCUT2D eigenvalue weighted by Gasteiger charge is 2.33. The molecule has 1 fully saturated rings. The minimum atomic E-state index is 0.162. The van der Waals surface area contributed by atoms with Gasteiger partial charge in [0, 0.05) is 18.2 Å². The molecule has 0 amide bonds. The van der Waals surface area contributed by atoms with Gasteiger partial charge in [0.15, 0.2) is 5.78 Å². The Hall–Kier alpha value is -0.740. The van der Waals surface area contributed by atoms with Crippen molar-refractivity contribution in [1.29, 1.82) is 0 Å². The SMILES string of the molecule is Cc1ncc(C(=O)C2CC(N)C2)s1. The van der Waals surface area contributed by atoms with Crippen LogP contribution in [0.3, 0.4) is 0 Å². The van der Waals surface area contributed by atoms with Gasteiger partial charge in [-0.1, -0.05) is 0 Å². The van der Waals surface area contributed by atoms with E-state index >= 15 is 0 Å². The van der Waals surface area contributed by atoms with Crippen molar-refractivity contribution in [2.45, 2.75) is 25.8 Å². The van der Waals surface area contributed by atoms with E-state index in [1.807, 2.05) is 6.92 Å². The summed E-state index contributed by atoms with van der Waals surface area (Å²) in [4.78, 5) is 16.6. The van der Waals surface area contributed by atoms with Crippen LogP contribution in [0.5, 0.6) is 0 Å². The Kier molecular flexibility index (Phi) is 2.17. The van der Waals surface area contributed by atoms with Crippen LogP contribution in [0.15, 0.2) is 6.20 Å². The van der Waals surface area contributed by atoms with Crippen molar-refractivity contribution in [2.75, 3.05) is 0 Å². The third kappa shape index (κ3) is 1.64. The second-order valence-corrected chi connectivity index (χ2v) is 4.77. The molecule has 1 aliphatic rings. The average molecular weight is 196 g/mol. The standard InChI is InChI=1S/C9H12N2OS/c1-5-11-4-8(13-5)9(12)6-2-7(10)3-6/h4,6-7H,2-3,10H2,1H3. The van der Waals surface area contributed by atoms with E-state index in [1.165, 1.54) is 11.3 Å². The van der Waals surface area contributed by atoms with Gasteiger partial charge in [0.2, 0.25) is 0 Å². The summed E-state index contributed by atoms with van der Waals surface area (Å²) in [5, 5.41) is 0.951. The molecular formula is C9H12N2OS. The van der Waals surface area contributed by atoms with Crippen molar-refractivity contribution in [3.63, 3.8) is 0 Å². The fraction of sp³-hybridized carbons (Fsp3) is 0.556. The highest BCUT2D eigenvalue weighted by atomic mass is 32.1. The van der Waals surface area contributed by atoms with E-state index in [4.69, 9.17) is 5.73 Å². The zero-order valence-corrected chi connectivity index (χ0v) is 8.30. The summed E-state index contributed by atoms with van der Waals surface area (Å²) in [7, 11) is 0. The number of nitrogens with two attached hydrogens (primary N) is 1. The maximum atomic E-state index is 11.7. The van der Waals surface area contributed by atoms with Crippen molar-refractivity contribution in [3.05, 3.63) is 16.1 Å². The van der Waals surface area contributed by atoms with Crippen LogP contribution in [0.25, 0.3) is 0 Å². The monoisotopic (exact) mass is 196 g/mol. The molecular weight excluding hydrogens is 184 g/mol. The highest BCUT2D eigenvalue weighted by Crippen LogP contribution is 2.30. The predicted molar refractivity (Wildman–Crippen MR) is 51.9 cm³/mol. The third-order valence-electron chi connectivity index (χ3n) is 2.41. The van der Waals surface area contributed by atoms with Crippen LogP contribution < -0.4 is 5.73 Å². The number of hydrogen-bond acceptors (Lipinski definition) is 4. The summed E-state index contributed by atoms with van der Waals surface area (Å²) >= 11 is 1.47. The van der Waals surface area contributed by atoms with Gasteiger partial charge >= 0.3 is 0 Å². The molecule has 1 saturated carbocycles. The van der Waals surface area contributed by atoms with Gasteiger partial charge in [-0.15, -0.1) is 11.3 Å². The summed E-state index contributed by atoms with van der Waals surface area (Å²) in [6.07, 6.45) is 3.36. The lowest BCUT2D eigenvalue weighted by Gasteiger charge is -2.30. The Bertz CT molecular complexity index is 328. The lowest BCUT2D eigenvalue weighted by atomic mass is 9.78. The Morgan fingerprint density at radius 2 is 2.38 bits per heavy atom. The van der Waals surface area contributed by atoms with E-state index in [0.29, 0.717) is 0 Å². The van der Waals surface area contributed by atoms with Crippen LogP contribution in [0, 0.1) is 12.8 Å². The number of aryl methyl sites for hydroxylation is 1. The minimum absolute atomic E-state index is 0.162. The number of aromatic nitrogens is 1. The molecule has 70 valence electrons. The molecule has 0 spiro atoms. The van der Waals surface area contributed by atoms with Gasteiger partial charge < -0.3 is 5.73 Å². The van der Waals surface area contributed by atoms with E-state index in [1.54, 1.807) is 6.20 Å². The fourth-order valence-electron chi connectivity index (χ4n) is 1.55.